The lowest BCUT2D eigenvalue weighted by atomic mass is 10.2. The average Bonchev–Trinajstić information content (AvgIpc) is 2.70. The molecule has 28 heavy (non-hydrogen) atoms. The van der Waals surface area contributed by atoms with E-state index in [1.54, 1.807) is 37.3 Å². The molecule has 1 aromatic heterocycles. The van der Waals surface area contributed by atoms with Gasteiger partial charge in [0.25, 0.3) is 5.56 Å². The van der Waals surface area contributed by atoms with Crippen molar-refractivity contribution in [3.8, 4) is 11.5 Å². The first-order valence-corrected chi connectivity index (χ1v) is 8.66. The van der Waals surface area contributed by atoms with Gasteiger partial charge in [-0.15, -0.1) is 0 Å². The van der Waals surface area contributed by atoms with Crippen LogP contribution >= 0.6 is 12.2 Å². The SMILES string of the molecule is COc1cc(/C=N/n2c(=S)[nH]nc(C)c2=O)ccc1OCc1ccc(F)cc1. The van der Waals surface area contributed by atoms with Gasteiger partial charge in [-0.05, 0) is 60.6 Å². The molecule has 0 aliphatic heterocycles. The van der Waals surface area contributed by atoms with Gasteiger partial charge in [-0.25, -0.2) is 4.39 Å². The van der Waals surface area contributed by atoms with E-state index in [9.17, 15) is 9.18 Å². The molecule has 0 unspecified atom stereocenters. The molecule has 0 aliphatic carbocycles. The van der Waals surface area contributed by atoms with Gasteiger partial charge >= 0.3 is 0 Å². The summed E-state index contributed by atoms with van der Waals surface area (Å²) < 4.78 is 25.2. The third kappa shape index (κ3) is 4.49. The van der Waals surface area contributed by atoms with Crippen LogP contribution in [0.2, 0.25) is 0 Å². The first kappa shape index (κ1) is 19.4. The second kappa shape index (κ2) is 8.57. The minimum Gasteiger partial charge on any atom is -0.493 e. The van der Waals surface area contributed by atoms with Gasteiger partial charge in [-0.2, -0.15) is 14.9 Å². The van der Waals surface area contributed by atoms with Crippen molar-refractivity contribution in [1.82, 2.24) is 14.9 Å². The summed E-state index contributed by atoms with van der Waals surface area (Å²) in [4.78, 5) is 12.1. The highest BCUT2D eigenvalue weighted by Gasteiger charge is 2.07. The van der Waals surface area contributed by atoms with Gasteiger partial charge in [0, 0.05) is 0 Å². The van der Waals surface area contributed by atoms with Gasteiger partial charge < -0.3 is 9.47 Å². The van der Waals surface area contributed by atoms with Crippen molar-refractivity contribution in [3.63, 3.8) is 0 Å². The Hall–Kier alpha value is -3.33. The summed E-state index contributed by atoms with van der Waals surface area (Å²) in [5, 5.41) is 10.5. The number of H-pyrrole nitrogens is 1. The smallest absolute Gasteiger partial charge is 0.296 e. The Bertz CT molecular complexity index is 1120. The zero-order valence-corrected chi connectivity index (χ0v) is 16.0. The molecular weight excluding hydrogens is 383 g/mol. The van der Waals surface area contributed by atoms with Crippen molar-refractivity contribution >= 4 is 18.4 Å². The number of aryl methyl sites for hydroxylation is 1. The number of halogens is 1. The lowest BCUT2D eigenvalue weighted by Crippen LogP contribution is -2.22. The molecule has 144 valence electrons. The van der Waals surface area contributed by atoms with E-state index >= 15 is 0 Å². The van der Waals surface area contributed by atoms with Crippen molar-refractivity contribution in [2.24, 2.45) is 5.10 Å². The summed E-state index contributed by atoms with van der Waals surface area (Å²) in [5.74, 6) is 0.723. The highest BCUT2D eigenvalue weighted by molar-refractivity contribution is 7.71. The van der Waals surface area contributed by atoms with Gasteiger partial charge in [0.15, 0.2) is 11.5 Å². The van der Waals surface area contributed by atoms with E-state index in [1.807, 2.05) is 0 Å². The molecular formula is C19H17FN4O3S. The molecule has 0 bridgehead atoms. The molecule has 7 nitrogen and oxygen atoms in total. The molecule has 0 amide bonds. The lowest BCUT2D eigenvalue weighted by Gasteiger charge is -2.11. The minimum absolute atomic E-state index is 0.0954. The van der Waals surface area contributed by atoms with Gasteiger partial charge in [-0.1, -0.05) is 12.1 Å². The number of hydrogen-bond acceptors (Lipinski definition) is 6. The highest BCUT2D eigenvalue weighted by atomic mass is 32.1. The van der Waals surface area contributed by atoms with Crippen molar-refractivity contribution in [1.29, 1.82) is 0 Å². The zero-order valence-electron chi connectivity index (χ0n) is 15.2. The molecule has 0 aliphatic rings. The molecule has 0 saturated carbocycles. The fourth-order valence-corrected chi connectivity index (χ4v) is 2.50. The van der Waals surface area contributed by atoms with Crippen LogP contribution in [0.15, 0.2) is 52.4 Å². The third-order valence-electron chi connectivity index (χ3n) is 3.83. The van der Waals surface area contributed by atoms with Crippen LogP contribution in [-0.2, 0) is 6.61 Å². The standard InChI is InChI=1S/C19H17FN4O3S/c1-12-18(25)24(19(28)23-22-12)21-10-14-5-8-16(17(9-14)26-2)27-11-13-3-6-15(20)7-4-13/h3-10H,11H2,1-2H3,(H,23,28)/b21-10+. The fourth-order valence-electron chi connectivity index (χ4n) is 2.33. The van der Waals surface area contributed by atoms with E-state index in [-0.39, 0.29) is 22.9 Å². The molecule has 3 aromatic rings. The third-order valence-corrected chi connectivity index (χ3v) is 4.10. The summed E-state index contributed by atoms with van der Waals surface area (Å²) in [7, 11) is 1.52. The zero-order chi connectivity index (χ0) is 20.1. The average molecular weight is 400 g/mol. The van der Waals surface area contributed by atoms with Crippen LogP contribution in [0.3, 0.4) is 0 Å². The summed E-state index contributed by atoms with van der Waals surface area (Å²) in [5.41, 5.74) is 1.37. The van der Waals surface area contributed by atoms with Gasteiger partial charge in [0.2, 0.25) is 4.77 Å². The van der Waals surface area contributed by atoms with E-state index in [4.69, 9.17) is 21.7 Å². The van der Waals surface area contributed by atoms with Crippen LogP contribution in [0.25, 0.3) is 0 Å². The molecule has 1 N–H and O–H groups in total. The van der Waals surface area contributed by atoms with Crippen LogP contribution in [-0.4, -0.2) is 28.2 Å². The number of aromatic amines is 1. The van der Waals surface area contributed by atoms with Crippen molar-refractivity contribution in [2.75, 3.05) is 7.11 Å². The van der Waals surface area contributed by atoms with E-state index in [0.717, 1.165) is 10.2 Å². The Balaban J connectivity index is 1.79. The lowest BCUT2D eigenvalue weighted by molar-refractivity contribution is 0.284. The van der Waals surface area contributed by atoms with Gasteiger partial charge in [-0.3, -0.25) is 9.89 Å². The van der Waals surface area contributed by atoms with Gasteiger partial charge in [0.1, 0.15) is 18.1 Å². The summed E-state index contributed by atoms with van der Waals surface area (Å²) in [6.45, 7) is 1.83. The number of rotatable bonds is 6. The van der Waals surface area contributed by atoms with Crippen LogP contribution in [0.4, 0.5) is 4.39 Å². The van der Waals surface area contributed by atoms with E-state index in [2.05, 4.69) is 15.3 Å². The van der Waals surface area contributed by atoms with E-state index in [0.29, 0.717) is 17.1 Å². The summed E-state index contributed by atoms with van der Waals surface area (Å²) >= 11 is 5.04. The van der Waals surface area contributed by atoms with Crippen molar-refractivity contribution in [2.45, 2.75) is 13.5 Å². The maximum absolute atomic E-state index is 13.0. The van der Waals surface area contributed by atoms with Crippen LogP contribution in [0.5, 0.6) is 11.5 Å². The fraction of sp³-hybridized carbons (Fsp3) is 0.158. The number of methoxy groups -OCH3 is 1. The van der Waals surface area contributed by atoms with Crippen LogP contribution in [0, 0.1) is 17.5 Å². The number of ether oxygens (including phenoxy) is 2. The Morgan fingerprint density at radius 3 is 2.71 bits per heavy atom. The minimum atomic E-state index is -0.397. The highest BCUT2D eigenvalue weighted by Crippen LogP contribution is 2.28. The molecule has 0 saturated heterocycles. The molecule has 9 heteroatoms. The normalized spacial score (nSPS) is 11.0. The number of nitrogens with one attached hydrogen (secondary N) is 1. The van der Waals surface area contributed by atoms with Crippen LogP contribution in [0.1, 0.15) is 16.8 Å². The quantitative estimate of drug-likeness (QED) is 0.508. The topological polar surface area (TPSA) is 81.5 Å². The van der Waals surface area contributed by atoms with E-state index in [1.165, 1.54) is 25.5 Å². The molecule has 1 heterocycles. The molecule has 3 rings (SSSR count). The van der Waals surface area contributed by atoms with Crippen molar-refractivity contribution in [3.05, 3.63) is 80.2 Å². The largest absolute Gasteiger partial charge is 0.493 e. The molecule has 2 aromatic carbocycles. The first-order valence-electron chi connectivity index (χ1n) is 8.26. The Kier molecular flexibility index (Phi) is 5.95. The number of aromatic nitrogens is 3. The maximum Gasteiger partial charge on any atom is 0.296 e. The number of nitrogens with zero attached hydrogens (tertiary/aromatic N) is 3. The van der Waals surface area contributed by atoms with Crippen LogP contribution < -0.4 is 15.0 Å². The Morgan fingerprint density at radius 2 is 2.00 bits per heavy atom. The summed E-state index contributed by atoms with van der Waals surface area (Å²) in [6.07, 6.45) is 1.48. The molecule has 0 spiro atoms. The Labute approximate surface area is 165 Å². The van der Waals surface area contributed by atoms with Crippen molar-refractivity contribution < 1.29 is 13.9 Å². The predicted octanol–water partition coefficient (Wildman–Crippen LogP) is 3.22. The summed E-state index contributed by atoms with van der Waals surface area (Å²) in [6, 6.07) is 11.3. The number of benzene rings is 2. The monoisotopic (exact) mass is 400 g/mol. The van der Waals surface area contributed by atoms with Gasteiger partial charge in [0.05, 0.1) is 13.3 Å². The second-order valence-electron chi connectivity index (χ2n) is 5.80. The molecule has 0 fully saturated rings. The second-order valence-corrected chi connectivity index (χ2v) is 6.19. The Morgan fingerprint density at radius 1 is 1.25 bits per heavy atom. The molecule has 0 atom stereocenters. The first-order chi connectivity index (χ1) is 13.5. The predicted molar refractivity (Wildman–Crippen MR) is 105 cm³/mol. The maximum atomic E-state index is 13.0. The molecule has 0 radical (unpaired) electrons. The number of hydrogen-bond donors (Lipinski definition) is 1. The van der Waals surface area contributed by atoms with E-state index < -0.39 is 5.56 Å².